The Balaban J connectivity index is 1.43. The lowest BCUT2D eigenvalue weighted by atomic mass is 10.1. The molecule has 1 saturated carbocycles. The molecule has 36 heavy (non-hydrogen) atoms. The number of nitrogens with zero attached hydrogens (tertiary/aromatic N) is 3. The third-order valence-corrected chi connectivity index (χ3v) is 6.37. The van der Waals surface area contributed by atoms with Gasteiger partial charge in [0, 0.05) is 30.3 Å². The summed E-state index contributed by atoms with van der Waals surface area (Å²) in [6.45, 7) is 0.0713. The molecule has 3 N–H and O–H groups in total. The molecule has 2 aromatic heterocycles. The molecule has 0 saturated heterocycles. The van der Waals surface area contributed by atoms with Crippen LogP contribution >= 0.6 is 0 Å². The number of nitrogens with two attached hydrogens (primary N) is 1. The third-order valence-electron chi connectivity index (χ3n) is 5.91. The largest absolute Gasteiger partial charge is 0.416 e. The van der Waals surface area contributed by atoms with Crippen LogP contribution in [0.3, 0.4) is 0 Å². The number of rotatable bonds is 9. The first-order chi connectivity index (χ1) is 17.0. The fourth-order valence-electron chi connectivity index (χ4n) is 4.21. The smallest absolute Gasteiger partial charge is 0.382 e. The zero-order chi connectivity index (χ0) is 25.9. The van der Waals surface area contributed by atoms with Gasteiger partial charge in [-0.25, -0.2) is 5.14 Å². The molecule has 0 bridgehead atoms. The van der Waals surface area contributed by atoms with Gasteiger partial charge >= 0.3 is 16.5 Å². The van der Waals surface area contributed by atoms with E-state index in [1.54, 1.807) is 18.3 Å². The van der Waals surface area contributed by atoms with Crippen molar-refractivity contribution in [3.05, 3.63) is 77.4 Å². The molecule has 1 aliphatic carbocycles. The molecule has 0 amide bonds. The monoisotopic (exact) mass is 523 g/mol. The lowest BCUT2D eigenvalue weighted by Gasteiger charge is -2.16. The minimum Gasteiger partial charge on any atom is -0.382 e. The second kappa shape index (κ2) is 10.4. The molecular formula is C23H24F3N5O4S. The summed E-state index contributed by atoms with van der Waals surface area (Å²) >= 11 is 0. The van der Waals surface area contributed by atoms with E-state index >= 15 is 0 Å². The molecule has 192 valence electrons. The van der Waals surface area contributed by atoms with Crippen LogP contribution in [0.4, 0.5) is 18.9 Å². The Kier molecular flexibility index (Phi) is 7.43. The van der Waals surface area contributed by atoms with Crippen molar-refractivity contribution in [1.82, 2.24) is 14.8 Å². The molecule has 2 atom stereocenters. The summed E-state index contributed by atoms with van der Waals surface area (Å²) in [5, 5.41) is 12.5. The Bertz CT molecular complexity index is 1340. The van der Waals surface area contributed by atoms with E-state index in [2.05, 4.69) is 15.4 Å². The Hall–Kier alpha value is -3.29. The average molecular weight is 524 g/mol. The second-order valence-electron chi connectivity index (χ2n) is 8.64. The number of hydrogen-bond donors (Lipinski definition) is 2. The number of carbonyl (C=O) groups excluding carboxylic acids is 1. The van der Waals surface area contributed by atoms with Crippen LogP contribution < -0.4 is 10.5 Å². The zero-order valence-electron chi connectivity index (χ0n) is 19.0. The normalized spacial score (nSPS) is 18.3. The average Bonchev–Trinajstić information content (AvgIpc) is 3.46. The van der Waals surface area contributed by atoms with Crippen LogP contribution in [-0.4, -0.2) is 41.6 Å². The second-order valence-corrected chi connectivity index (χ2v) is 9.87. The molecule has 2 heterocycles. The van der Waals surface area contributed by atoms with Gasteiger partial charge in [-0.15, -0.1) is 0 Å². The number of anilines is 1. The summed E-state index contributed by atoms with van der Waals surface area (Å²) < 4.78 is 67.1. The van der Waals surface area contributed by atoms with Gasteiger partial charge in [0.15, 0.2) is 0 Å². The topological polar surface area (TPSA) is 129 Å². The van der Waals surface area contributed by atoms with E-state index in [-0.39, 0.29) is 36.6 Å². The van der Waals surface area contributed by atoms with Gasteiger partial charge in [-0.3, -0.25) is 18.6 Å². The summed E-state index contributed by atoms with van der Waals surface area (Å²) in [4.78, 5) is 17.2. The number of halogens is 3. The zero-order valence-corrected chi connectivity index (χ0v) is 19.8. The fourth-order valence-corrected chi connectivity index (χ4v) is 4.59. The van der Waals surface area contributed by atoms with Crippen molar-refractivity contribution in [2.75, 3.05) is 11.9 Å². The molecule has 4 rings (SSSR count). The van der Waals surface area contributed by atoms with Gasteiger partial charge in [0.05, 0.1) is 24.3 Å². The molecule has 9 nitrogen and oxygen atoms in total. The maximum Gasteiger partial charge on any atom is 0.416 e. The Morgan fingerprint density at radius 3 is 2.78 bits per heavy atom. The van der Waals surface area contributed by atoms with Crippen LogP contribution in [0.1, 0.15) is 46.4 Å². The third kappa shape index (κ3) is 6.68. The van der Waals surface area contributed by atoms with Crippen LogP contribution in [0.25, 0.3) is 0 Å². The van der Waals surface area contributed by atoms with Crippen molar-refractivity contribution in [2.24, 2.45) is 11.1 Å². The van der Waals surface area contributed by atoms with Crippen LogP contribution in [0.2, 0.25) is 0 Å². The molecule has 2 unspecified atom stereocenters. The number of aromatic nitrogens is 3. The molecule has 1 aromatic carbocycles. The van der Waals surface area contributed by atoms with Crippen molar-refractivity contribution in [3.8, 4) is 0 Å². The highest BCUT2D eigenvalue weighted by molar-refractivity contribution is 7.84. The highest BCUT2D eigenvalue weighted by Crippen LogP contribution is 2.31. The van der Waals surface area contributed by atoms with Gasteiger partial charge in [0.25, 0.3) is 0 Å². The van der Waals surface area contributed by atoms with Gasteiger partial charge in [0.2, 0.25) is 5.78 Å². The van der Waals surface area contributed by atoms with Crippen molar-refractivity contribution in [2.45, 2.75) is 38.0 Å². The van der Waals surface area contributed by atoms with E-state index in [0.29, 0.717) is 23.2 Å². The molecule has 1 aliphatic rings. The number of alkyl halides is 3. The minimum atomic E-state index is -4.44. The minimum absolute atomic E-state index is 0.00244. The molecule has 1 fully saturated rings. The van der Waals surface area contributed by atoms with Gasteiger partial charge in [-0.1, -0.05) is 12.1 Å². The molecule has 3 aromatic rings. The van der Waals surface area contributed by atoms with Crippen molar-refractivity contribution in [3.63, 3.8) is 0 Å². The van der Waals surface area contributed by atoms with Gasteiger partial charge in [-0.05, 0) is 55.0 Å². The highest BCUT2D eigenvalue weighted by Gasteiger charge is 2.30. The van der Waals surface area contributed by atoms with E-state index in [1.165, 1.54) is 29.2 Å². The summed E-state index contributed by atoms with van der Waals surface area (Å²) in [6.07, 6.45) is 2.18. The number of nitrogens with one attached hydrogen (secondary N) is 1. The summed E-state index contributed by atoms with van der Waals surface area (Å²) in [5.41, 5.74) is 0.633. The predicted octanol–water partition coefficient (Wildman–Crippen LogP) is 3.38. The molecule has 0 spiro atoms. The van der Waals surface area contributed by atoms with Gasteiger partial charge in [0.1, 0.15) is 5.69 Å². The number of benzene rings is 1. The maximum absolute atomic E-state index is 13.2. The first-order valence-corrected chi connectivity index (χ1v) is 12.6. The van der Waals surface area contributed by atoms with E-state index < -0.39 is 22.0 Å². The maximum atomic E-state index is 13.2. The standard InChI is InChI=1S/C23H24F3N5O4S/c24-23(25,26)17-3-1-2-15(10-17)13-31-9-7-21(30-31)22(32)19-12-28-8-6-20(19)29-18-5-4-16(11-18)14-35-36(27,33)34/h1-3,6-10,12,16,18H,4-5,11,13-14H2,(H,28,29)(H2,27,33,34). The lowest BCUT2D eigenvalue weighted by molar-refractivity contribution is -0.137. The number of carbonyl (C=O) groups is 1. The van der Waals surface area contributed by atoms with E-state index in [0.717, 1.165) is 25.0 Å². The Morgan fingerprint density at radius 2 is 2.03 bits per heavy atom. The SMILES string of the molecule is NS(=O)(=O)OCC1CCC(Nc2ccncc2C(=O)c2ccn(Cc3cccc(C(F)(F)F)c3)n2)C1. The molecule has 13 heteroatoms. The molecule has 0 radical (unpaired) electrons. The molecular weight excluding hydrogens is 499 g/mol. The highest BCUT2D eigenvalue weighted by atomic mass is 32.2. The number of pyridine rings is 1. The quantitative estimate of drug-likeness (QED) is 0.412. The Morgan fingerprint density at radius 1 is 1.22 bits per heavy atom. The molecule has 0 aliphatic heterocycles. The number of hydrogen-bond acceptors (Lipinski definition) is 7. The van der Waals surface area contributed by atoms with Crippen LogP contribution in [0.15, 0.2) is 55.0 Å². The van der Waals surface area contributed by atoms with E-state index in [9.17, 15) is 26.4 Å². The van der Waals surface area contributed by atoms with Crippen molar-refractivity contribution in [1.29, 1.82) is 0 Å². The van der Waals surface area contributed by atoms with E-state index in [4.69, 9.17) is 9.32 Å². The van der Waals surface area contributed by atoms with Crippen LogP contribution in [-0.2, 0) is 27.2 Å². The predicted molar refractivity (Wildman–Crippen MR) is 124 cm³/mol. The summed E-state index contributed by atoms with van der Waals surface area (Å²) in [6, 6.07) is 8.10. The van der Waals surface area contributed by atoms with Gasteiger partial charge in [-0.2, -0.15) is 26.7 Å². The first-order valence-electron chi connectivity index (χ1n) is 11.1. The van der Waals surface area contributed by atoms with Gasteiger partial charge < -0.3 is 5.32 Å². The number of ketones is 1. The van der Waals surface area contributed by atoms with Crippen molar-refractivity contribution >= 4 is 21.8 Å². The fraction of sp³-hybridized carbons (Fsp3) is 0.348. The van der Waals surface area contributed by atoms with Crippen molar-refractivity contribution < 1.29 is 30.6 Å². The summed E-state index contributed by atoms with van der Waals surface area (Å²) in [7, 11) is -4.00. The van der Waals surface area contributed by atoms with Crippen LogP contribution in [0.5, 0.6) is 0 Å². The Labute approximate surface area is 205 Å². The van der Waals surface area contributed by atoms with Crippen LogP contribution in [0, 0.1) is 5.92 Å². The first kappa shape index (κ1) is 25.8. The summed E-state index contributed by atoms with van der Waals surface area (Å²) in [5.74, 6) is -0.381. The van der Waals surface area contributed by atoms with E-state index in [1.807, 2.05) is 0 Å². The lowest BCUT2D eigenvalue weighted by Crippen LogP contribution is -2.21.